The lowest BCUT2D eigenvalue weighted by Crippen LogP contribution is -2.70. The van der Waals surface area contributed by atoms with Gasteiger partial charge in [0.25, 0.3) is 5.91 Å². The van der Waals surface area contributed by atoms with Crippen molar-refractivity contribution in [2.45, 2.75) is 24.2 Å². The van der Waals surface area contributed by atoms with Gasteiger partial charge < -0.3 is 25.0 Å². The van der Waals surface area contributed by atoms with Crippen LogP contribution in [0.2, 0.25) is 0 Å². The Bertz CT molecular complexity index is 1030. The van der Waals surface area contributed by atoms with E-state index in [4.69, 9.17) is 14.6 Å². The Labute approximate surface area is 180 Å². The zero-order chi connectivity index (χ0) is 23.1. The molecule has 2 rings (SSSR count). The second-order valence-electron chi connectivity index (χ2n) is 6.90. The average Bonchev–Trinajstić information content (AvgIpc) is 2.74. The summed E-state index contributed by atoms with van der Waals surface area (Å²) in [6.07, 6.45) is -0.797. The number of ether oxygens (including phenoxy) is 2. The molecule has 1 aromatic carbocycles. The molecule has 1 amide bonds. The fraction of sp³-hybridized carbons (Fsp3) is 0.429. The van der Waals surface area contributed by atoms with Crippen molar-refractivity contribution in [3.8, 4) is 23.7 Å². The number of rotatable bonds is 7. The average molecular weight is 449 g/mol. The molecule has 0 aliphatic carbocycles. The van der Waals surface area contributed by atoms with E-state index in [1.807, 2.05) is 0 Å². The summed E-state index contributed by atoms with van der Waals surface area (Å²) in [5.41, 5.74) is -0.573. The van der Waals surface area contributed by atoms with Gasteiger partial charge in [-0.25, -0.2) is 13.2 Å². The summed E-state index contributed by atoms with van der Waals surface area (Å²) in [4.78, 5) is 24.8. The molecule has 1 fully saturated rings. The number of amides is 1. The van der Waals surface area contributed by atoms with Gasteiger partial charge in [0.2, 0.25) is 0 Å². The lowest BCUT2D eigenvalue weighted by Gasteiger charge is -2.43. The Morgan fingerprint density at radius 3 is 2.35 bits per heavy atom. The fourth-order valence-electron chi connectivity index (χ4n) is 2.93. The first kappa shape index (κ1) is 24.4. The summed E-state index contributed by atoms with van der Waals surface area (Å²) in [7, 11) is -0.937. The first-order valence-corrected chi connectivity index (χ1v) is 11.0. The third-order valence-corrected chi connectivity index (χ3v) is 6.48. The van der Waals surface area contributed by atoms with Crippen LogP contribution in [0.5, 0.6) is 0 Å². The number of aliphatic hydroxyl groups excluding tert-OH is 2. The van der Waals surface area contributed by atoms with Crippen LogP contribution >= 0.6 is 0 Å². The van der Waals surface area contributed by atoms with E-state index < -0.39 is 51.0 Å². The molecule has 0 spiro atoms. The molecule has 1 saturated heterocycles. The molecule has 1 unspecified atom stereocenters. The van der Waals surface area contributed by atoms with Crippen LogP contribution in [-0.4, -0.2) is 80.6 Å². The number of nitrogens with one attached hydrogen (secondary N) is 1. The second kappa shape index (κ2) is 10.4. The molecule has 1 aliphatic heterocycles. The van der Waals surface area contributed by atoms with E-state index >= 15 is 0 Å². The molecule has 2 atom stereocenters. The smallest absolute Gasteiger partial charge is 0.331 e. The van der Waals surface area contributed by atoms with Crippen molar-refractivity contribution in [3.63, 3.8) is 0 Å². The minimum atomic E-state index is -3.35. The highest BCUT2D eigenvalue weighted by Gasteiger charge is 2.58. The van der Waals surface area contributed by atoms with Gasteiger partial charge in [0.15, 0.2) is 15.9 Å². The molecule has 1 aliphatic rings. The van der Waals surface area contributed by atoms with Crippen molar-refractivity contribution in [2.75, 3.05) is 32.3 Å². The maximum atomic E-state index is 12.6. The highest BCUT2D eigenvalue weighted by atomic mass is 32.2. The number of benzene rings is 1. The first-order chi connectivity index (χ1) is 14.7. The SMILES string of the molecule is COC(=O)C(NC(=O)c1ccc(C#CC#CC[C@H](O)CO)cc1)C1(OC)CS(=O)(=O)C1. The van der Waals surface area contributed by atoms with E-state index in [9.17, 15) is 23.1 Å². The molecule has 0 bridgehead atoms. The Balaban J connectivity index is 2.09. The number of sulfone groups is 1. The number of carbonyl (C=O) groups is 2. The van der Waals surface area contributed by atoms with Gasteiger partial charge in [0.05, 0.1) is 31.3 Å². The minimum Gasteiger partial charge on any atom is -0.467 e. The topological polar surface area (TPSA) is 139 Å². The monoisotopic (exact) mass is 449 g/mol. The summed E-state index contributed by atoms with van der Waals surface area (Å²) >= 11 is 0. The third kappa shape index (κ3) is 6.29. The van der Waals surface area contributed by atoms with Gasteiger partial charge in [-0.2, -0.15) is 0 Å². The normalized spacial score (nSPS) is 17.4. The van der Waals surface area contributed by atoms with Crippen LogP contribution < -0.4 is 5.32 Å². The Morgan fingerprint density at radius 2 is 1.84 bits per heavy atom. The number of esters is 1. The number of hydrogen-bond donors (Lipinski definition) is 3. The second-order valence-corrected chi connectivity index (χ2v) is 8.96. The fourth-order valence-corrected chi connectivity index (χ4v) is 4.90. The Hall–Kier alpha value is -2.89. The molecular weight excluding hydrogens is 426 g/mol. The number of methoxy groups -OCH3 is 2. The van der Waals surface area contributed by atoms with Crippen LogP contribution in [0.4, 0.5) is 0 Å². The Kier molecular flexibility index (Phi) is 8.20. The molecule has 166 valence electrons. The molecule has 0 saturated carbocycles. The van der Waals surface area contributed by atoms with E-state index in [0.717, 1.165) is 7.11 Å². The van der Waals surface area contributed by atoms with E-state index in [0.29, 0.717) is 5.56 Å². The standard InChI is InChI=1S/C21H23NO8S/c1-29-20(26)18(21(30-2)13-31(27,28)14-21)22-19(25)16-10-8-15(9-11-16)6-4-3-5-7-17(24)12-23/h8-11,17-18,23-24H,7,12-14H2,1-2H3,(H,22,25)/t17-,18?/m0/s1. The minimum absolute atomic E-state index is 0.107. The maximum absolute atomic E-state index is 12.6. The van der Waals surface area contributed by atoms with Crippen LogP contribution in [-0.2, 0) is 24.1 Å². The van der Waals surface area contributed by atoms with Crippen molar-refractivity contribution in [1.29, 1.82) is 0 Å². The van der Waals surface area contributed by atoms with Crippen molar-refractivity contribution in [1.82, 2.24) is 5.32 Å². The molecular formula is C21H23NO8S. The highest BCUT2D eigenvalue weighted by molar-refractivity contribution is 7.93. The van der Waals surface area contributed by atoms with Crippen LogP contribution in [0.25, 0.3) is 0 Å². The van der Waals surface area contributed by atoms with Gasteiger partial charge in [-0.3, -0.25) is 4.79 Å². The van der Waals surface area contributed by atoms with Crippen LogP contribution in [0.1, 0.15) is 22.3 Å². The van der Waals surface area contributed by atoms with Gasteiger partial charge in [0, 0.05) is 24.7 Å². The van der Waals surface area contributed by atoms with Gasteiger partial charge >= 0.3 is 5.97 Å². The molecule has 0 radical (unpaired) electrons. The number of carbonyl (C=O) groups excluding carboxylic acids is 2. The highest BCUT2D eigenvalue weighted by Crippen LogP contribution is 2.31. The van der Waals surface area contributed by atoms with Crippen LogP contribution in [0, 0.1) is 23.7 Å². The van der Waals surface area contributed by atoms with Gasteiger partial charge in [0.1, 0.15) is 5.60 Å². The van der Waals surface area contributed by atoms with Crippen LogP contribution in [0.3, 0.4) is 0 Å². The molecule has 1 heterocycles. The molecule has 10 heteroatoms. The summed E-state index contributed by atoms with van der Waals surface area (Å²) in [6, 6.07) is 4.86. The molecule has 1 aromatic rings. The Morgan fingerprint density at radius 1 is 1.19 bits per heavy atom. The summed E-state index contributed by atoms with van der Waals surface area (Å²) < 4.78 is 33.3. The first-order valence-electron chi connectivity index (χ1n) is 9.18. The molecule has 9 nitrogen and oxygen atoms in total. The van der Waals surface area contributed by atoms with Crippen molar-refractivity contribution >= 4 is 21.7 Å². The summed E-state index contributed by atoms with van der Waals surface area (Å²) in [6.45, 7) is -0.371. The summed E-state index contributed by atoms with van der Waals surface area (Å²) in [5.74, 6) is 8.32. The van der Waals surface area contributed by atoms with E-state index in [1.54, 1.807) is 12.1 Å². The third-order valence-electron chi connectivity index (χ3n) is 4.63. The van der Waals surface area contributed by atoms with E-state index in [2.05, 4.69) is 29.0 Å². The zero-order valence-electron chi connectivity index (χ0n) is 17.0. The van der Waals surface area contributed by atoms with Crippen molar-refractivity contribution in [3.05, 3.63) is 35.4 Å². The lowest BCUT2D eigenvalue weighted by atomic mass is 9.96. The van der Waals surface area contributed by atoms with Crippen molar-refractivity contribution in [2.24, 2.45) is 0 Å². The number of hydrogen-bond acceptors (Lipinski definition) is 8. The van der Waals surface area contributed by atoms with E-state index in [1.165, 1.54) is 19.2 Å². The maximum Gasteiger partial charge on any atom is 0.331 e. The van der Waals surface area contributed by atoms with Crippen molar-refractivity contribution < 1.29 is 37.7 Å². The van der Waals surface area contributed by atoms with Gasteiger partial charge in [-0.15, -0.1) is 0 Å². The lowest BCUT2D eigenvalue weighted by molar-refractivity contribution is -0.150. The molecule has 3 N–H and O–H groups in total. The zero-order valence-corrected chi connectivity index (χ0v) is 17.9. The summed E-state index contributed by atoms with van der Waals surface area (Å²) in [5, 5.41) is 20.4. The predicted octanol–water partition coefficient (Wildman–Crippen LogP) is -1.13. The largest absolute Gasteiger partial charge is 0.467 e. The van der Waals surface area contributed by atoms with Gasteiger partial charge in [-0.1, -0.05) is 11.8 Å². The van der Waals surface area contributed by atoms with Crippen LogP contribution in [0.15, 0.2) is 24.3 Å². The quantitative estimate of drug-likeness (QED) is 0.351. The van der Waals surface area contributed by atoms with E-state index in [-0.39, 0.29) is 18.6 Å². The molecule has 0 aromatic heterocycles. The number of aliphatic hydroxyl groups is 2. The van der Waals surface area contributed by atoms with Gasteiger partial charge in [-0.05, 0) is 36.1 Å². The molecule has 31 heavy (non-hydrogen) atoms. The predicted molar refractivity (Wildman–Crippen MR) is 110 cm³/mol.